The highest BCUT2D eigenvalue weighted by atomic mass is 16.5. The van der Waals surface area contributed by atoms with Gasteiger partial charge in [0.05, 0.1) is 19.8 Å². The summed E-state index contributed by atoms with van der Waals surface area (Å²) >= 11 is 0. The van der Waals surface area contributed by atoms with E-state index in [-0.39, 0.29) is 7.43 Å². The molecule has 1 N–H and O–H groups in total. The number of hydrogen-bond acceptors (Lipinski definition) is 5. The third kappa shape index (κ3) is 9.89. The molecule has 2 aliphatic heterocycles. The molecule has 6 heteroatoms. The summed E-state index contributed by atoms with van der Waals surface area (Å²) in [4.78, 5) is 14.3. The molecule has 0 aromatic heterocycles. The Morgan fingerprint density at radius 3 is 2.30 bits per heavy atom. The third-order valence-electron chi connectivity index (χ3n) is 2.86. The zero-order chi connectivity index (χ0) is 13.8. The molecular formula is C14H28N2O4. The summed E-state index contributed by atoms with van der Waals surface area (Å²) in [5, 5.41) is 3.16. The summed E-state index contributed by atoms with van der Waals surface area (Å²) in [6, 6.07) is 0. The second-order valence-electron chi connectivity index (χ2n) is 4.38. The molecule has 1 amide bonds. The van der Waals surface area contributed by atoms with Gasteiger partial charge in [-0.3, -0.25) is 0 Å². The van der Waals surface area contributed by atoms with Crippen molar-refractivity contribution in [2.45, 2.75) is 27.2 Å². The fourth-order valence-corrected chi connectivity index (χ4v) is 1.76. The summed E-state index contributed by atoms with van der Waals surface area (Å²) in [6.07, 6.45) is 2.90. The average Bonchev–Trinajstić information content (AvgIpc) is 2.49. The maximum Gasteiger partial charge on any atom is 0.433 e. The van der Waals surface area contributed by atoms with Crippen molar-refractivity contribution in [3.63, 3.8) is 0 Å². The molecule has 0 bridgehead atoms. The van der Waals surface area contributed by atoms with E-state index in [9.17, 15) is 4.79 Å². The van der Waals surface area contributed by atoms with Gasteiger partial charge in [-0.05, 0) is 25.7 Å². The van der Waals surface area contributed by atoms with Gasteiger partial charge in [0.2, 0.25) is 0 Å². The van der Waals surface area contributed by atoms with Crippen LogP contribution in [0.1, 0.15) is 27.2 Å². The Bertz CT molecular complexity index is 250. The van der Waals surface area contributed by atoms with Crippen molar-refractivity contribution < 1.29 is 19.0 Å². The second kappa shape index (κ2) is 13.0. The molecule has 2 saturated heterocycles. The first kappa shape index (κ1) is 19.0. The first-order valence-corrected chi connectivity index (χ1v) is 6.84. The summed E-state index contributed by atoms with van der Waals surface area (Å²) in [7, 11) is 0. The Morgan fingerprint density at radius 1 is 1.25 bits per heavy atom. The van der Waals surface area contributed by atoms with Crippen molar-refractivity contribution in [2.75, 3.05) is 46.1 Å². The van der Waals surface area contributed by atoms with E-state index >= 15 is 0 Å². The molecule has 20 heavy (non-hydrogen) atoms. The van der Waals surface area contributed by atoms with Crippen molar-refractivity contribution >= 4 is 12.3 Å². The first-order chi connectivity index (χ1) is 9.33. The number of aliphatic imine (C=N–C) groups is 1. The van der Waals surface area contributed by atoms with E-state index in [0.717, 1.165) is 52.4 Å². The second-order valence-corrected chi connectivity index (χ2v) is 4.38. The molecule has 2 rings (SSSR count). The fourth-order valence-electron chi connectivity index (χ4n) is 1.76. The Kier molecular flexibility index (Phi) is 12.4. The highest BCUT2D eigenvalue weighted by Gasteiger charge is 2.15. The zero-order valence-corrected chi connectivity index (χ0v) is 11.6. The van der Waals surface area contributed by atoms with E-state index in [1.165, 1.54) is 6.21 Å². The Balaban J connectivity index is 0.000000434. The molecule has 6 nitrogen and oxygen atoms in total. The normalized spacial score (nSPS) is 19.6. The minimum absolute atomic E-state index is 0. The number of carbonyl (C=O) groups excluding carboxylic acids is 1. The largest absolute Gasteiger partial charge is 0.448 e. The lowest BCUT2D eigenvalue weighted by Crippen LogP contribution is -2.30. The van der Waals surface area contributed by atoms with Gasteiger partial charge in [0.25, 0.3) is 0 Å². The predicted molar refractivity (Wildman–Crippen MR) is 79.5 cm³/mol. The van der Waals surface area contributed by atoms with Gasteiger partial charge in [-0.2, -0.15) is 4.99 Å². The van der Waals surface area contributed by atoms with Gasteiger partial charge in [0.1, 0.15) is 0 Å². The van der Waals surface area contributed by atoms with Gasteiger partial charge in [-0.1, -0.05) is 7.43 Å². The van der Waals surface area contributed by atoms with Gasteiger partial charge in [0.15, 0.2) is 0 Å². The van der Waals surface area contributed by atoms with Crippen LogP contribution in [0.5, 0.6) is 0 Å². The number of morpholine rings is 1. The van der Waals surface area contributed by atoms with Crippen molar-refractivity contribution in [3.05, 3.63) is 0 Å². The number of amides is 1. The zero-order valence-electron chi connectivity index (χ0n) is 11.6. The van der Waals surface area contributed by atoms with Crippen molar-refractivity contribution in [3.8, 4) is 0 Å². The van der Waals surface area contributed by atoms with Crippen LogP contribution in [0.25, 0.3) is 0 Å². The molecule has 0 aromatic carbocycles. The fraction of sp³-hybridized carbons (Fsp3) is 0.857. The molecule has 2 aliphatic rings. The topological polar surface area (TPSA) is 69.2 Å². The number of carbonyl (C=O) groups is 1. The van der Waals surface area contributed by atoms with Crippen molar-refractivity contribution in [1.29, 1.82) is 0 Å². The first-order valence-electron chi connectivity index (χ1n) is 6.84. The van der Waals surface area contributed by atoms with Crippen molar-refractivity contribution in [1.82, 2.24) is 5.32 Å². The average molecular weight is 288 g/mol. The molecule has 0 radical (unpaired) electrons. The maximum atomic E-state index is 10.8. The van der Waals surface area contributed by atoms with Crippen LogP contribution < -0.4 is 5.32 Å². The molecule has 118 valence electrons. The summed E-state index contributed by atoms with van der Waals surface area (Å²) < 4.78 is 15.1. The minimum atomic E-state index is -0.492. The number of rotatable bonds is 2. The highest BCUT2D eigenvalue weighted by Crippen LogP contribution is 2.14. The molecule has 2 fully saturated rings. The van der Waals surface area contributed by atoms with E-state index < -0.39 is 6.09 Å². The number of ether oxygens (including phenoxy) is 3. The number of nitrogens with zero attached hydrogens (tertiary/aromatic N) is 1. The molecule has 0 unspecified atom stereocenters. The highest BCUT2D eigenvalue weighted by molar-refractivity contribution is 5.78. The quantitative estimate of drug-likeness (QED) is 0.786. The smallest absolute Gasteiger partial charge is 0.433 e. The Labute approximate surface area is 121 Å². The maximum absolute atomic E-state index is 10.8. The third-order valence-corrected chi connectivity index (χ3v) is 2.86. The minimum Gasteiger partial charge on any atom is -0.448 e. The standard InChI is InChI=1S/C9H15NO3.C4H9NO.CH4/c1-2-10-9(11)13-7-8-3-5-12-6-4-8;1-3-6-4-2-5-1;/h2,8H,3-7H2,1H3;5H,1-4H2;1H4. The summed E-state index contributed by atoms with van der Waals surface area (Å²) in [5.74, 6) is 0.449. The molecule has 0 aromatic rings. The lowest BCUT2D eigenvalue weighted by atomic mass is 10.0. The summed E-state index contributed by atoms with van der Waals surface area (Å²) in [5.41, 5.74) is 0. The van der Waals surface area contributed by atoms with E-state index in [2.05, 4.69) is 10.3 Å². The van der Waals surface area contributed by atoms with E-state index in [4.69, 9.17) is 14.2 Å². The number of nitrogens with one attached hydrogen (secondary N) is 1. The lowest BCUT2D eigenvalue weighted by molar-refractivity contribution is 0.0398. The van der Waals surface area contributed by atoms with Gasteiger partial charge >= 0.3 is 6.09 Å². The predicted octanol–water partition coefficient (Wildman–Crippen LogP) is 1.88. The van der Waals surface area contributed by atoms with Gasteiger partial charge < -0.3 is 19.5 Å². The van der Waals surface area contributed by atoms with Gasteiger partial charge in [-0.15, -0.1) is 0 Å². The van der Waals surface area contributed by atoms with Crippen LogP contribution >= 0.6 is 0 Å². The van der Waals surface area contributed by atoms with Crippen LogP contribution in [0.15, 0.2) is 4.99 Å². The Hall–Kier alpha value is -0.980. The molecule has 0 atom stereocenters. The van der Waals surface area contributed by atoms with E-state index in [0.29, 0.717) is 12.5 Å². The van der Waals surface area contributed by atoms with Crippen LogP contribution in [0.3, 0.4) is 0 Å². The Morgan fingerprint density at radius 2 is 1.85 bits per heavy atom. The lowest BCUT2D eigenvalue weighted by Gasteiger charge is -2.20. The molecular weight excluding hydrogens is 260 g/mol. The van der Waals surface area contributed by atoms with E-state index in [1.807, 2.05) is 0 Å². The molecule has 0 saturated carbocycles. The van der Waals surface area contributed by atoms with Crippen molar-refractivity contribution in [2.24, 2.45) is 10.9 Å². The summed E-state index contributed by atoms with van der Waals surface area (Å²) in [6.45, 7) is 7.55. The van der Waals surface area contributed by atoms with Crippen LogP contribution in [0, 0.1) is 5.92 Å². The van der Waals surface area contributed by atoms with Crippen LogP contribution in [-0.4, -0.2) is 58.4 Å². The van der Waals surface area contributed by atoms with Crippen LogP contribution in [0.2, 0.25) is 0 Å². The monoisotopic (exact) mass is 288 g/mol. The van der Waals surface area contributed by atoms with Gasteiger partial charge in [0, 0.05) is 32.5 Å². The molecule has 0 aliphatic carbocycles. The number of hydrogen-bond donors (Lipinski definition) is 1. The molecule has 0 spiro atoms. The van der Waals surface area contributed by atoms with Gasteiger partial charge in [-0.25, -0.2) is 4.79 Å². The SMILES string of the molecule is C.C1COCCN1.CC=NC(=O)OCC1CCOCC1. The van der Waals surface area contributed by atoms with Crippen LogP contribution in [0.4, 0.5) is 4.79 Å². The van der Waals surface area contributed by atoms with E-state index in [1.54, 1.807) is 6.92 Å². The van der Waals surface area contributed by atoms with Crippen LogP contribution in [-0.2, 0) is 14.2 Å². The molecule has 2 heterocycles.